The molecule has 0 bridgehead atoms. The maximum absolute atomic E-state index is 14.0. The predicted molar refractivity (Wildman–Crippen MR) is 177 cm³/mol. The number of carbonyl (C=O) groups is 6. The monoisotopic (exact) mass is 690 g/mol. The van der Waals surface area contributed by atoms with Gasteiger partial charge in [-0.25, -0.2) is 0 Å². The molecule has 0 aromatic carbocycles. The van der Waals surface area contributed by atoms with Crippen molar-refractivity contribution in [3.8, 4) is 0 Å². The second-order valence-corrected chi connectivity index (χ2v) is 16.3. The van der Waals surface area contributed by atoms with Crippen molar-refractivity contribution in [2.45, 2.75) is 139 Å². The van der Waals surface area contributed by atoms with Crippen molar-refractivity contribution in [1.29, 1.82) is 0 Å². The number of ketones is 1. The van der Waals surface area contributed by atoms with Crippen LogP contribution in [0.25, 0.3) is 0 Å². The summed E-state index contributed by atoms with van der Waals surface area (Å²) in [4.78, 5) is 75.0. The summed E-state index contributed by atoms with van der Waals surface area (Å²) in [5, 5.41) is 0. The van der Waals surface area contributed by atoms with Gasteiger partial charge in [0.1, 0.15) is 30.2 Å². The number of rotatable bonds is 11. The SMILES string of the molecule is CC(=O)OC[C@@H](C(C)C)[C@@H](OC(C)=O)[C@H](OC(C)=O)[C@@H](C)[C@H]1CC[C@H]2[C@@H]3CC(=O)[C@H]4C[C@H](OC(C)=O)[C@H](OC(C)=O)C[C@]4(C)[C@H]3CC[C@]12C. The molecular weight excluding hydrogens is 632 g/mol. The van der Waals surface area contributed by atoms with Gasteiger partial charge < -0.3 is 23.7 Å². The van der Waals surface area contributed by atoms with Crippen LogP contribution >= 0.6 is 0 Å². The average molecular weight is 691 g/mol. The molecule has 4 fully saturated rings. The van der Waals surface area contributed by atoms with Crippen molar-refractivity contribution in [2.24, 2.45) is 58.2 Å². The Bertz CT molecular complexity index is 1290. The molecule has 11 heteroatoms. The van der Waals surface area contributed by atoms with Gasteiger partial charge in [0.15, 0.2) is 0 Å². The lowest BCUT2D eigenvalue weighted by molar-refractivity contribution is -0.197. The number of hydrogen-bond acceptors (Lipinski definition) is 11. The average Bonchev–Trinajstić information content (AvgIpc) is 3.32. The van der Waals surface area contributed by atoms with Crippen molar-refractivity contribution < 1.29 is 52.5 Å². The largest absolute Gasteiger partial charge is 0.465 e. The molecule has 0 radical (unpaired) electrons. The standard InChI is InChI=1S/C38H58O11/c1-19(2)27(18-45-21(4)39)36(49-25(8)43)35(48-24(7)42)20(3)28-11-12-29-26-15-32(44)31-16-33(46-22(5)40)34(47-23(6)41)17-38(31,10)30(26)13-14-37(28,29)9/h19-20,26-31,33-36H,11-18H2,1-10H3/t20-,26-,27-,28+,29-,30-,31+,33-,34+,35+,36+,37+,38+/m0/s1. The zero-order valence-electron chi connectivity index (χ0n) is 31.1. The lowest BCUT2D eigenvalue weighted by atomic mass is 9.43. The van der Waals surface area contributed by atoms with E-state index in [1.807, 2.05) is 13.8 Å². The number of hydrogen-bond donors (Lipinski definition) is 0. The summed E-state index contributed by atoms with van der Waals surface area (Å²) in [6, 6.07) is 0. The third-order valence-electron chi connectivity index (χ3n) is 13.0. The maximum atomic E-state index is 14.0. The van der Waals surface area contributed by atoms with Crippen LogP contribution in [0.15, 0.2) is 0 Å². The first-order valence-corrected chi connectivity index (χ1v) is 18.1. The maximum Gasteiger partial charge on any atom is 0.303 e. The van der Waals surface area contributed by atoms with Crippen LogP contribution in [0.2, 0.25) is 0 Å². The van der Waals surface area contributed by atoms with Gasteiger partial charge in [0, 0.05) is 58.8 Å². The normalized spacial score (nSPS) is 36.1. The molecule has 0 saturated heterocycles. The predicted octanol–water partition coefficient (Wildman–Crippen LogP) is 5.63. The molecule has 0 spiro atoms. The van der Waals surface area contributed by atoms with Crippen molar-refractivity contribution in [1.82, 2.24) is 0 Å². The topological polar surface area (TPSA) is 149 Å². The smallest absolute Gasteiger partial charge is 0.303 e. The summed E-state index contributed by atoms with van der Waals surface area (Å²) in [6.07, 6.45) is 2.00. The Balaban J connectivity index is 1.65. The molecule has 0 unspecified atom stereocenters. The van der Waals surface area contributed by atoms with E-state index in [2.05, 4.69) is 20.8 Å². The molecule has 0 aromatic rings. The van der Waals surface area contributed by atoms with E-state index in [9.17, 15) is 28.8 Å². The Kier molecular flexibility index (Phi) is 12.0. The van der Waals surface area contributed by atoms with E-state index in [4.69, 9.17) is 23.7 Å². The minimum atomic E-state index is -0.823. The van der Waals surface area contributed by atoms with Crippen LogP contribution in [0.4, 0.5) is 0 Å². The Morgan fingerprint density at radius 3 is 1.86 bits per heavy atom. The molecule has 0 amide bonds. The molecule has 4 aliphatic rings. The van der Waals surface area contributed by atoms with Crippen LogP contribution in [-0.4, -0.2) is 66.7 Å². The third kappa shape index (κ3) is 8.01. The molecule has 4 saturated carbocycles. The summed E-state index contributed by atoms with van der Waals surface area (Å²) in [5.74, 6) is -2.36. The molecule has 4 rings (SSSR count). The van der Waals surface area contributed by atoms with E-state index in [0.717, 1.165) is 25.7 Å². The zero-order chi connectivity index (χ0) is 36.6. The van der Waals surface area contributed by atoms with Crippen molar-refractivity contribution in [3.05, 3.63) is 0 Å². The number of fused-ring (bicyclic) bond motifs is 5. The third-order valence-corrected chi connectivity index (χ3v) is 13.0. The van der Waals surface area contributed by atoms with Gasteiger partial charge in [-0.15, -0.1) is 0 Å². The minimum Gasteiger partial charge on any atom is -0.465 e. The second kappa shape index (κ2) is 15.1. The molecule has 13 atom stereocenters. The lowest BCUT2D eigenvalue weighted by Crippen LogP contribution is -2.60. The van der Waals surface area contributed by atoms with Gasteiger partial charge in [0.05, 0.1) is 6.61 Å². The highest BCUT2D eigenvalue weighted by Crippen LogP contribution is 2.68. The fourth-order valence-electron chi connectivity index (χ4n) is 11.0. The molecule has 276 valence electrons. The summed E-state index contributed by atoms with van der Waals surface area (Å²) in [7, 11) is 0. The van der Waals surface area contributed by atoms with Gasteiger partial charge in [-0.05, 0) is 78.9 Å². The van der Waals surface area contributed by atoms with E-state index in [0.29, 0.717) is 19.3 Å². The summed E-state index contributed by atoms with van der Waals surface area (Å²) in [6.45, 7) is 17.2. The Hall–Kier alpha value is -2.98. The first kappa shape index (κ1) is 38.8. The Morgan fingerprint density at radius 1 is 0.735 bits per heavy atom. The molecule has 4 aliphatic carbocycles. The second-order valence-electron chi connectivity index (χ2n) is 16.3. The van der Waals surface area contributed by atoms with Gasteiger partial charge in [0.25, 0.3) is 0 Å². The number of ether oxygens (including phenoxy) is 5. The minimum absolute atomic E-state index is 0.0260. The van der Waals surface area contributed by atoms with Gasteiger partial charge >= 0.3 is 29.8 Å². The number of carbonyl (C=O) groups excluding carboxylic acids is 6. The molecule has 49 heavy (non-hydrogen) atoms. The van der Waals surface area contributed by atoms with Gasteiger partial charge in [0.2, 0.25) is 0 Å². The van der Waals surface area contributed by atoms with Gasteiger partial charge in [-0.1, -0.05) is 34.6 Å². The van der Waals surface area contributed by atoms with Crippen LogP contribution in [0.3, 0.4) is 0 Å². The zero-order valence-corrected chi connectivity index (χ0v) is 31.1. The molecule has 0 heterocycles. The lowest BCUT2D eigenvalue weighted by Gasteiger charge is -2.61. The van der Waals surface area contributed by atoms with Crippen LogP contribution in [0.5, 0.6) is 0 Å². The number of esters is 5. The molecule has 0 aromatic heterocycles. The van der Waals surface area contributed by atoms with E-state index < -0.39 is 65.6 Å². The van der Waals surface area contributed by atoms with E-state index in [1.54, 1.807) is 0 Å². The molecule has 0 N–H and O–H groups in total. The highest BCUT2D eigenvalue weighted by Gasteiger charge is 2.65. The van der Waals surface area contributed by atoms with Crippen LogP contribution in [0, 0.1) is 58.2 Å². The Labute approximate surface area is 291 Å². The van der Waals surface area contributed by atoms with E-state index in [1.165, 1.54) is 34.6 Å². The highest BCUT2D eigenvalue weighted by molar-refractivity contribution is 5.83. The first-order chi connectivity index (χ1) is 22.8. The molecular formula is C38H58O11. The molecule has 11 nitrogen and oxygen atoms in total. The van der Waals surface area contributed by atoms with E-state index in [-0.39, 0.29) is 59.2 Å². The van der Waals surface area contributed by atoms with Crippen molar-refractivity contribution in [3.63, 3.8) is 0 Å². The van der Waals surface area contributed by atoms with Gasteiger partial charge in [-0.2, -0.15) is 0 Å². The summed E-state index contributed by atoms with van der Waals surface area (Å²) in [5.41, 5.74) is -0.583. The number of Topliss-reactive ketones (excluding diaryl/α,β-unsaturated/α-hetero) is 1. The fourth-order valence-corrected chi connectivity index (χ4v) is 11.0. The van der Waals surface area contributed by atoms with Crippen LogP contribution in [0.1, 0.15) is 114 Å². The van der Waals surface area contributed by atoms with Gasteiger partial charge in [-0.3, -0.25) is 28.8 Å². The van der Waals surface area contributed by atoms with Crippen molar-refractivity contribution >= 4 is 35.6 Å². The summed E-state index contributed by atoms with van der Waals surface area (Å²) >= 11 is 0. The first-order valence-electron chi connectivity index (χ1n) is 18.1. The fraction of sp³-hybridized carbons (Fsp3) is 0.842. The molecule has 0 aliphatic heterocycles. The van der Waals surface area contributed by atoms with Crippen LogP contribution in [-0.2, 0) is 52.5 Å². The highest BCUT2D eigenvalue weighted by atomic mass is 16.6. The van der Waals surface area contributed by atoms with Crippen LogP contribution < -0.4 is 0 Å². The quantitative estimate of drug-likeness (QED) is 0.196. The van der Waals surface area contributed by atoms with E-state index >= 15 is 0 Å². The Morgan fingerprint density at radius 2 is 1.31 bits per heavy atom. The summed E-state index contributed by atoms with van der Waals surface area (Å²) < 4.78 is 28.7. The van der Waals surface area contributed by atoms with Crippen molar-refractivity contribution in [2.75, 3.05) is 6.61 Å².